The van der Waals surface area contributed by atoms with Crippen molar-refractivity contribution in [1.82, 2.24) is 4.90 Å². The van der Waals surface area contributed by atoms with Crippen LogP contribution in [0.2, 0.25) is 0 Å². The van der Waals surface area contributed by atoms with E-state index in [0.29, 0.717) is 23.4 Å². The normalized spacial score (nSPS) is 10.3. The summed E-state index contributed by atoms with van der Waals surface area (Å²) in [6.07, 6.45) is 1.53. The van der Waals surface area contributed by atoms with Crippen molar-refractivity contribution in [3.63, 3.8) is 0 Å². The molecule has 0 bridgehead atoms. The average molecular weight is 274 g/mol. The minimum Gasteiger partial charge on any atom is -0.467 e. The fraction of sp³-hybridized carbons (Fsp3) is 0.214. The zero-order valence-electron chi connectivity index (χ0n) is 11.2. The lowest BCUT2D eigenvalue weighted by Crippen LogP contribution is -2.26. The summed E-state index contributed by atoms with van der Waals surface area (Å²) in [6.45, 7) is 1.89. The second-order valence-electron chi connectivity index (χ2n) is 4.45. The lowest BCUT2D eigenvalue weighted by molar-refractivity contribution is -0.385. The Bertz CT molecular complexity index is 635. The summed E-state index contributed by atoms with van der Waals surface area (Å²) < 4.78 is 5.18. The first kappa shape index (κ1) is 13.8. The second kappa shape index (κ2) is 5.56. The van der Waals surface area contributed by atoms with Crippen LogP contribution in [0.15, 0.2) is 41.0 Å². The van der Waals surface area contributed by atoms with E-state index in [4.69, 9.17) is 4.42 Å². The Hall–Kier alpha value is -2.63. The Morgan fingerprint density at radius 3 is 2.70 bits per heavy atom. The fourth-order valence-corrected chi connectivity index (χ4v) is 1.97. The molecule has 0 atom stereocenters. The maximum atomic E-state index is 12.3. The van der Waals surface area contributed by atoms with Gasteiger partial charge in [-0.05, 0) is 25.1 Å². The number of nitrogens with zero attached hydrogens (tertiary/aromatic N) is 2. The van der Waals surface area contributed by atoms with Gasteiger partial charge in [0.1, 0.15) is 5.76 Å². The number of carbonyl (C=O) groups is 1. The maximum Gasteiger partial charge on any atom is 0.273 e. The van der Waals surface area contributed by atoms with E-state index in [0.717, 1.165) is 0 Å². The molecule has 0 saturated carbocycles. The monoisotopic (exact) mass is 274 g/mol. The summed E-state index contributed by atoms with van der Waals surface area (Å²) in [7, 11) is 1.63. The Balaban J connectivity index is 2.25. The molecule has 2 rings (SSSR count). The van der Waals surface area contributed by atoms with Gasteiger partial charge in [-0.1, -0.05) is 6.07 Å². The molecule has 1 aromatic heterocycles. The van der Waals surface area contributed by atoms with E-state index in [-0.39, 0.29) is 11.6 Å². The zero-order chi connectivity index (χ0) is 14.7. The molecule has 0 unspecified atom stereocenters. The predicted molar refractivity (Wildman–Crippen MR) is 72.3 cm³/mol. The van der Waals surface area contributed by atoms with Crippen molar-refractivity contribution >= 4 is 11.6 Å². The van der Waals surface area contributed by atoms with Gasteiger partial charge in [0, 0.05) is 24.2 Å². The van der Waals surface area contributed by atoms with Crippen molar-refractivity contribution in [2.75, 3.05) is 7.05 Å². The largest absolute Gasteiger partial charge is 0.467 e. The molecular weight excluding hydrogens is 260 g/mol. The molecule has 0 radical (unpaired) electrons. The zero-order valence-corrected chi connectivity index (χ0v) is 11.2. The van der Waals surface area contributed by atoms with Gasteiger partial charge in [0.15, 0.2) is 0 Å². The van der Waals surface area contributed by atoms with E-state index in [2.05, 4.69) is 0 Å². The van der Waals surface area contributed by atoms with Crippen LogP contribution in [0.25, 0.3) is 0 Å². The standard InChI is InChI=1S/C14H14N2O4/c1-10-12(6-3-7-13(10)16(18)19)14(17)15(2)9-11-5-4-8-20-11/h3-8H,9H2,1-2H3. The number of furan rings is 1. The van der Waals surface area contributed by atoms with Gasteiger partial charge in [-0.2, -0.15) is 0 Å². The number of hydrogen-bond acceptors (Lipinski definition) is 4. The highest BCUT2D eigenvalue weighted by atomic mass is 16.6. The minimum atomic E-state index is -0.487. The molecule has 0 fully saturated rings. The topological polar surface area (TPSA) is 76.6 Å². The molecule has 1 aromatic carbocycles. The third-order valence-electron chi connectivity index (χ3n) is 3.05. The molecule has 1 heterocycles. The predicted octanol–water partition coefficient (Wildman–Crippen LogP) is 2.77. The van der Waals surface area contributed by atoms with Crippen molar-refractivity contribution in [1.29, 1.82) is 0 Å². The first-order valence-corrected chi connectivity index (χ1v) is 6.02. The molecule has 0 saturated heterocycles. The molecule has 0 N–H and O–H groups in total. The molecule has 0 aliphatic carbocycles. The lowest BCUT2D eigenvalue weighted by atomic mass is 10.1. The van der Waals surface area contributed by atoms with Gasteiger partial charge in [-0.25, -0.2) is 0 Å². The second-order valence-corrected chi connectivity index (χ2v) is 4.45. The lowest BCUT2D eigenvalue weighted by Gasteiger charge is -2.17. The number of nitro benzene ring substituents is 1. The van der Waals surface area contributed by atoms with Crippen LogP contribution in [0, 0.1) is 17.0 Å². The Morgan fingerprint density at radius 2 is 2.10 bits per heavy atom. The molecule has 20 heavy (non-hydrogen) atoms. The number of amides is 1. The van der Waals surface area contributed by atoms with E-state index in [1.165, 1.54) is 23.3 Å². The molecule has 1 amide bonds. The Labute approximate surface area is 115 Å². The molecule has 2 aromatic rings. The first-order chi connectivity index (χ1) is 9.50. The number of rotatable bonds is 4. The summed E-state index contributed by atoms with van der Waals surface area (Å²) in [6, 6.07) is 8.00. The maximum absolute atomic E-state index is 12.3. The van der Waals surface area contributed by atoms with Gasteiger partial charge in [0.2, 0.25) is 0 Å². The average Bonchev–Trinajstić information content (AvgIpc) is 2.90. The quantitative estimate of drug-likeness (QED) is 0.634. The number of nitro groups is 1. The van der Waals surface area contributed by atoms with Crippen molar-refractivity contribution in [2.24, 2.45) is 0 Å². The van der Waals surface area contributed by atoms with Gasteiger partial charge in [-0.15, -0.1) is 0 Å². The van der Waals surface area contributed by atoms with E-state index in [9.17, 15) is 14.9 Å². The third kappa shape index (κ3) is 2.69. The van der Waals surface area contributed by atoms with Crippen LogP contribution in [-0.4, -0.2) is 22.8 Å². The highest BCUT2D eigenvalue weighted by Gasteiger charge is 2.20. The summed E-state index contributed by atoms with van der Waals surface area (Å²) >= 11 is 0. The van der Waals surface area contributed by atoms with Gasteiger partial charge < -0.3 is 9.32 Å². The number of carbonyl (C=O) groups excluding carboxylic acids is 1. The van der Waals surface area contributed by atoms with Crippen LogP contribution < -0.4 is 0 Å². The van der Waals surface area contributed by atoms with Crippen LogP contribution in [-0.2, 0) is 6.54 Å². The highest BCUT2D eigenvalue weighted by molar-refractivity contribution is 5.96. The van der Waals surface area contributed by atoms with Crippen LogP contribution in [0.4, 0.5) is 5.69 Å². The van der Waals surface area contributed by atoms with Crippen molar-refractivity contribution < 1.29 is 14.1 Å². The molecule has 104 valence electrons. The van der Waals surface area contributed by atoms with Crippen molar-refractivity contribution in [2.45, 2.75) is 13.5 Å². The molecule has 0 spiro atoms. The summed E-state index contributed by atoms with van der Waals surface area (Å²) in [4.78, 5) is 24.2. The number of hydrogen-bond donors (Lipinski definition) is 0. The van der Waals surface area contributed by atoms with Crippen LogP contribution in [0.3, 0.4) is 0 Å². The van der Waals surface area contributed by atoms with Crippen LogP contribution in [0.1, 0.15) is 21.7 Å². The molecule has 0 aliphatic rings. The van der Waals surface area contributed by atoms with Gasteiger partial charge in [-0.3, -0.25) is 14.9 Å². The molecular formula is C14H14N2O4. The van der Waals surface area contributed by atoms with E-state index in [1.807, 2.05) is 0 Å². The van der Waals surface area contributed by atoms with E-state index in [1.54, 1.807) is 32.2 Å². The first-order valence-electron chi connectivity index (χ1n) is 6.02. The van der Waals surface area contributed by atoms with Gasteiger partial charge >= 0.3 is 0 Å². The molecule has 6 heteroatoms. The van der Waals surface area contributed by atoms with E-state index < -0.39 is 4.92 Å². The van der Waals surface area contributed by atoms with Gasteiger partial charge in [0.25, 0.3) is 11.6 Å². The minimum absolute atomic E-state index is 0.0535. The Kier molecular flexibility index (Phi) is 3.84. The summed E-state index contributed by atoms with van der Waals surface area (Å²) in [5.41, 5.74) is 0.643. The highest BCUT2D eigenvalue weighted by Crippen LogP contribution is 2.22. The van der Waals surface area contributed by atoms with Crippen molar-refractivity contribution in [3.05, 3.63) is 63.6 Å². The summed E-state index contributed by atoms with van der Waals surface area (Å²) in [5.74, 6) is 0.381. The summed E-state index contributed by atoms with van der Waals surface area (Å²) in [5, 5.41) is 10.9. The molecule has 0 aliphatic heterocycles. The SMILES string of the molecule is Cc1c(C(=O)N(C)Cc2ccco2)cccc1[N+](=O)[O-]. The van der Waals surface area contributed by atoms with Gasteiger partial charge in [0.05, 0.1) is 17.7 Å². The fourth-order valence-electron chi connectivity index (χ4n) is 1.97. The smallest absolute Gasteiger partial charge is 0.273 e. The molecule has 6 nitrogen and oxygen atoms in total. The third-order valence-corrected chi connectivity index (χ3v) is 3.05. The van der Waals surface area contributed by atoms with Crippen LogP contribution in [0.5, 0.6) is 0 Å². The number of benzene rings is 1. The van der Waals surface area contributed by atoms with Crippen LogP contribution >= 0.6 is 0 Å². The van der Waals surface area contributed by atoms with E-state index >= 15 is 0 Å². The Morgan fingerprint density at radius 1 is 1.35 bits per heavy atom. The van der Waals surface area contributed by atoms with Crippen molar-refractivity contribution in [3.8, 4) is 0 Å².